The van der Waals surface area contributed by atoms with Crippen molar-refractivity contribution in [2.24, 2.45) is 0 Å². The second-order valence-electron chi connectivity index (χ2n) is 4.19. The number of nitriles is 1. The van der Waals surface area contributed by atoms with Crippen LogP contribution in [0.3, 0.4) is 0 Å². The number of nitrogens with zero attached hydrogens (tertiary/aromatic N) is 2. The lowest BCUT2D eigenvalue weighted by Crippen LogP contribution is -2.41. The van der Waals surface area contributed by atoms with Gasteiger partial charge >= 0.3 is 0 Å². The van der Waals surface area contributed by atoms with Crippen LogP contribution >= 0.6 is 15.9 Å². The highest BCUT2D eigenvalue weighted by Gasteiger charge is 2.19. The molecule has 1 atom stereocenters. The summed E-state index contributed by atoms with van der Waals surface area (Å²) in [7, 11) is 1.65. The summed E-state index contributed by atoms with van der Waals surface area (Å²) in [5, 5.41) is 8.86. The Labute approximate surface area is 115 Å². The summed E-state index contributed by atoms with van der Waals surface area (Å²) < 4.78 is 11.5. The molecule has 0 bridgehead atoms. The molecule has 0 aromatic heterocycles. The van der Waals surface area contributed by atoms with E-state index < -0.39 is 0 Å². The number of morpholine rings is 1. The number of methoxy groups -OCH3 is 1. The van der Waals surface area contributed by atoms with Gasteiger partial charge in [-0.1, -0.05) is 6.07 Å². The molecule has 1 unspecified atom stereocenters. The molecule has 1 saturated heterocycles. The Bertz CT molecular complexity index is 459. The van der Waals surface area contributed by atoms with Crippen LogP contribution in [0.2, 0.25) is 0 Å². The minimum atomic E-state index is -0.305. The van der Waals surface area contributed by atoms with E-state index in [1.807, 2.05) is 12.1 Å². The van der Waals surface area contributed by atoms with Crippen molar-refractivity contribution in [1.29, 1.82) is 5.26 Å². The molecule has 0 aliphatic carbocycles. The van der Waals surface area contributed by atoms with Crippen molar-refractivity contribution in [1.82, 2.24) is 4.90 Å². The molecular formula is C13H15BrN2O2. The van der Waals surface area contributed by atoms with Crippen LogP contribution in [-0.2, 0) is 11.3 Å². The van der Waals surface area contributed by atoms with Gasteiger partial charge in [0.1, 0.15) is 5.75 Å². The zero-order valence-electron chi connectivity index (χ0n) is 10.2. The van der Waals surface area contributed by atoms with Crippen molar-refractivity contribution in [3.63, 3.8) is 0 Å². The number of halogens is 1. The van der Waals surface area contributed by atoms with Gasteiger partial charge in [-0.15, -0.1) is 0 Å². The molecule has 1 heterocycles. The molecule has 0 spiro atoms. The molecule has 5 heteroatoms. The topological polar surface area (TPSA) is 45.5 Å². The van der Waals surface area contributed by atoms with E-state index >= 15 is 0 Å². The van der Waals surface area contributed by atoms with Gasteiger partial charge < -0.3 is 9.47 Å². The van der Waals surface area contributed by atoms with Crippen molar-refractivity contribution in [2.45, 2.75) is 12.6 Å². The number of hydrogen-bond donors (Lipinski definition) is 0. The van der Waals surface area contributed by atoms with E-state index in [2.05, 4.69) is 33.0 Å². The van der Waals surface area contributed by atoms with Gasteiger partial charge in [0.25, 0.3) is 0 Å². The highest BCUT2D eigenvalue weighted by Crippen LogP contribution is 2.26. The Hall–Kier alpha value is -1.09. The van der Waals surface area contributed by atoms with E-state index in [1.165, 1.54) is 5.56 Å². The van der Waals surface area contributed by atoms with Crippen LogP contribution in [-0.4, -0.2) is 37.8 Å². The van der Waals surface area contributed by atoms with E-state index in [4.69, 9.17) is 14.7 Å². The predicted molar refractivity (Wildman–Crippen MR) is 71.3 cm³/mol. The largest absolute Gasteiger partial charge is 0.496 e. The SMILES string of the molecule is COc1ccc(CN2CCOC(C#N)C2)cc1Br. The number of ether oxygens (including phenoxy) is 2. The summed E-state index contributed by atoms with van der Waals surface area (Å²) in [4.78, 5) is 2.23. The van der Waals surface area contributed by atoms with Gasteiger partial charge in [-0.2, -0.15) is 5.26 Å². The summed E-state index contributed by atoms with van der Waals surface area (Å²) in [5.41, 5.74) is 1.20. The molecule has 1 aliphatic rings. The molecule has 0 amide bonds. The lowest BCUT2D eigenvalue weighted by atomic mass is 10.2. The standard InChI is InChI=1S/C13H15BrN2O2/c1-17-13-3-2-10(6-12(13)14)8-16-4-5-18-11(7-15)9-16/h2-3,6,11H,4-5,8-9H2,1H3. The lowest BCUT2D eigenvalue weighted by Gasteiger charge is -2.29. The summed E-state index contributed by atoms with van der Waals surface area (Å²) in [5.74, 6) is 0.829. The third-order valence-electron chi connectivity index (χ3n) is 2.92. The summed E-state index contributed by atoms with van der Waals surface area (Å²) >= 11 is 3.48. The molecule has 1 aromatic rings. The van der Waals surface area contributed by atoms with Crippen LogP contribution in [0.4, 0.5) is 0 Å². The first-order valence-electron chi connectivity index (χ1n) is 5.79. The Kier molecular flexibility index (Phi) is 4.59. The van der Waals surface area contributed by atoms with Crippen molar-refractivity contribution in [2.75, 3.05) is 26.8 Å². The van der Waals surface area contributed by atoms with Gasteiger partial charge in [-0.3, -0.25) is 4.90 Å². The minimum absolute atomic E-state index is 0.305. The van der Waals surface area contributed by atoms with Gasteiger partial charge in [0.2, 0.25) is 0 Å². The first-order valence-corrected chi connectivity index (χ1v) is 6.58. The number of rotatable bonds is 3. The van der Waals surface area contributed by atoms with Crippen LogP contribution in [0.15, 0.2) is 22.7 Å². The molecule has 0 saturated carbocycles. The van der Waals surface area contributed by atoms with Crippen molar-refractivity contribution >= 4 is 15.9 Å². The molecule has 1 aliphatic heterocycles. The molecule has 18 heavy (non-hydrogen) atoms. The average Bonchev–Trinajstić information content (AvgIpc) is 2.39. The molecule has 0 radical (unpaired) electrons. The van der Waals surface area contributed by atoms with Crippen LogP contribution in [0.1, 0.15) is 5.56 Å². The molecule has 4 nitrogen and oxygen atoms in total. The Balaban J connectivity index is 2.01. The summed E-state index contributed by atoms with van der Waals surface area (Å²) in [6.45, 7) is 2.97. The van der Waals surface area contributed by atoms with E-state index in [1.54, 1.807) is 7.11 Å². The molecule has 96 valence electrons. The highest BCUT2D eigenvalue weighted by molar-refractivity contribution is 9.10. The molecular weight excluding hydrogens is 296 g/mol. The maximum Gasteiger partial charge on any atom is 0.156 e. The lowest BCUT2D eigenvalue weighted by molar-refractivity contribution is -0.00270. The Morgan fingerprint density at radius 2 is 2.44 bits per heavy atom. The quantitative estimate of drug-likeness (QED) is 0.858. The normalized spacial score (nSPS) is 20.4. The van der Waals surface area contributed by atoms with Crippen LogP contribution in [0, 0.1) is 11.3 Å². The zero-order chi connectivity index (χ0) is 13.0. The van der Waals surface area contributed by atoms with E-state index in [0.29, 0.717) is 13.2 Å². The molecule has 2 rings (SSSR count). The highest BCUT2D eigenvalue weighted by atomic mass is 79.9. The first kappa shape index (κ1) is 13.3. The molecule has 1 fully saturated rings. The van der Waals surface area contributed by atoms with Gasteiger partial charge in [0.05, 0.1) is 24.3 Å². The van der Waals surface area contributed by atoms with Crippen molar-refractivity contribution in [3.05, 3.63) is 28.2 Å². The Morgan fingerprint density at radius 1 is 1.61 bits per heavy atom. The minimum Gasteiger partial charge on any atom is -0.496 e. The fourth-order valence-electron chi connectivity index (χ4n) is 1.99. The third kappa shape index (κ3) is 3.22. The number of hydrogen-bond acceptors (Lipinski definition) is 4. The zero-order valence-corrected chi connectivity index (χ0v) is 11.8. The van der Waals surface area contributed by atoms with Crippen LogP contribution in [0.25, 0.3) is 0 Å². The predicted octanol–water partition coefficient (Wildman–Crippen LogP) is 2.18. The molecule has 0 N–H and O–H groups in total. The van der Waals surface area contributed by atoms with Crippen molar-refractivity contribution < 1.29 is 9.47 Å². The summed E-state index contributed by atoms with van der Waals surface area (Å²) in [6, 6.07) is 8.20. The second-order valence-corrected chi connectivity index (χ2v) is 5.05. The van der Waals surface area contributed by atoms with Gasteiger partial charge in [0, 0.05) is 19.6 Å². The maximum atomic E-state index is 8.86. The van der Waals surface area contributed by atoms with E-state index in [9.17, 15) is 0 Å². The van der Waals surface area contributed by atoms with Gasteiger partial charge in [0.15, 0.2) is 6.10 Å². The second kappa shape index (κ2) is 6.19. The smallest absolute Gasteiger partial charge is 0.156 e. The van der Waals surface area contributed by atoms with E-state index in [0.717, 1.165) is 23.3 Å². The maximum absolute atomic E-state index is 8.86. The fraction of sp³-hybridized carbons (Fsp3) is 0.462. The van der Waals surface area contributed by atoms with Crippen LogP contribution in [0.5, 0.6) is 5.75 Å². The monoisotopic (exact) mass is 310 g/mol. The third-order valence-corrected chi connectivity index (χ3v) is 3.54. The molecule has 1 aromatic carbocycles. The fourth-order valence-corrected chi connectivity index (χ4v) is 2.58. The summed E-state index contributed by atoms with van der Waals surface area (Å²) in [6.07, 6.45) is -0.305. The van der Waals surface area contributed by atoms with Crippen LogP contribution < -0.4 is 4.74 Å². The average molecular weight is 311 g/mol. The first-order chi connectivity index (χ1) is 8.72. The van der Waals surface area contributed by atoms with E-state index in [-0.39, 0.29) is 6.10 Å². The number of benzene rings is 1. The van der Waals surface area contributed by atoms with Gasteiger partial charge in [-0.05, 0) is 33.6 Å². The Morgan fingerprint density at radius 3 is 3.11 bits per heavy atom. The van der Waals surface area contributed by atoms with Gasteiger partial charge in [-0.25, -0.2) is 0 Å². The van der Waals surface area contributed by atoms with Crippen molar-refractivity contribution in [3.8, 4) is 11.8 Å².